The Morgan fingerprint density at radius 2 is 2.12 bits per heavy atom. The van der Waals surface area contributed by atoms with Gasteiger partial charge >= 0.3 is 0 Å². The van der Waals surface area contributed by atoms with Crippen molar-refractivity contribution in [2.75, 3.05) is 32.7 Å². The van der Waals surface area contributed by atoms with E-state index in [2.05, 4.69) is 32.1 Å². The van der Waals surface area contributed by atoms with Crippen molar-refractivity contribution in [3.63, 3.8) is 0 Å². The van der Waals surface area contributed by atoms with Crippen molar-refractivity contribution in [1.82, 2.24) is 25.1 Å². The Labute approximate surface area is 174 Å². The molecule has 0 radical (unpaired) electrons. The van der Waals surface area contributed by atoms with Gasteiger partial charge in [-0.3, -0.25) is 9.79 Å². The van der Waals surface area contributed by atoms with Gasteiger partial charge < -0.3 is 20.1 Å². The van der Waals surface area contributed by atoms with Gasteiger partial charge in [0, 0.05) is 58.1 Å². The number of aryl methyl sites for hydroxylation is 2. The molecule has 2 N–H and O–H groups in total. The summed E-state index contributed by atoms with van der Waals surface area (Å²) in [5, 5.41) is 6.66. The number of carbonyl (C=O) groups excluding carboxylic acids is 1. The summed E-state index contributed by atoms with van der Waals surface area (Å²) in [5.41, 5.74) is 0. The summed E-state index contributed by atoms with van der Waals surface area (Å²) < 4.78 is 2.18. The zero-order valence-electron chi connectivity index (χ0n) is 16.0. The topological polar surface area (TPSA) is 74.6 Å². The van der Waals surface area contributed by atoms with Crippen LogP contribution in [-0.4, -0.2) is 59.0 Å². The van der Waals surface area contributed by atoms with Crippen LogP contribution in [0.1, 0.15) is 44.9 Å². The lowest BCUT2D eigenvalue weighted by Crippen LogP contribution is -2.38. The predicted octanol–water partition coefficient (Wildman–Crippen LogP) is 2.16. The van der Waals surface area contributed by atoms with E-state index in [1.54, 1.807) is 0 Å². The van der Waals surface area contributed by atoms with Crippen LogP contribution in [0.5, 0.6) is 0 Å². The monoisotopic (exact) mass is 476 g/mol. The molecule has 1 amide bonds. The van der Waals surface area contributed by atoms with Gasteiger partial charge in [0.05, 0.1) is 0 Å². The number of carbonyl (C=O) groups is 1. The zero-order valence-corrected chi connectivity index (χ0v) is 18.4. The molecule has 0 saturated carbocycles. The van der Waals surface area contributed by atoms with Crippen molar-refractivity contribution in [2.24, 2.45) is 4.99 Å². The van der Waals surface area contributed by atoms with Crippen LogP contribution < -0.4 is 10.6 Å². The van der Waals surface area contributed by atoms with Gasteiger partial charge in [-0.15, -0.1) is 24.0 Å². The largest absolute Gasteiger partial charge is 0.357 e. The third-order valence-electron chi connectivity index (χ3n) is 4.41. The van der Waals surface area contributed by atoms with E-state index >= 15 is 0 Å². The molecule has 0 spiro atoms. The van der Waals surface area contributed by atoms with Crippen molar-refractivity contribution >= 4 is 35.8 Å². The van der Waals surface area contributed by atoms with E-state index in [0.717, 1.165) is 76.7 Å². The maximum Gasteiger partial charge on any atom is 0.222 e. The quantitative estimate of drug-likeness (QED) is 0.235. The first-order chi connectivity index (χ1) is 12.2. The number of amides is 1. The van der Waals surface area contributed by atoms with Gasteiger partial charge in [0.2, 0.25) is 5.91 Å². The zero-order chi connectivity index (χ0) is 17.9. The molecule has 1 aliphatic heterocycles. The van der Waals surface area contributed by atoms with Crippen molar-refractivity contribution in [1.29, 1.82) is 0 Å². The van der Waals surface area contributed by atoms with Gasteiger partial charge in [-0.1, -0.05) is 0 Å². The summed E-state index contributed by atoms with van der Waals surface area (Å²) >= 11 is 0. The van der Waals surface area contributed by atoms with Gasteiger partial charge in [0.25, 0.3) is 0 Å². The van der Waals surface area contributed by atoms with Crippen LogP contribution in [0.25, 0.3) is 0 Å². The molecule has 8 heteroatoms. The van der Waals surface area contributed by atoms with E-state index in [-0.39, 0.29) is 24.0 Å². The summed E-state index contributed by atoms with van der Waals surface area (Å²) in [6, 6.07) is 0. The van der Waals surface area contributed by atoms with E-state index in [9.17, 15) is 4.79 Å². The number of aliphatic imine (C=N–C) groups is 1. The maximum absolute atomic E-state index is 11.6. The number of guanidine groups is 1. The fourth-order valence-electron chi connectivity index (χ4n) is 2.99. The van der Waals surface area contributed by atoms with E-state index in [1.807, 2.05) is 24.2 Å². The van der Waals surface area contributed by atoms with E-state index < -0.39 is 0 Å². The molecule has 1 fully saturated rings. The fraction of sp³-hybridized carbons (Fsp3) is 0.722. The average molecular weight is 476 g/mol. The van der Waals surface area contributed by atoms with Crippen molar-refractivity contribution < 1.29 is 4.79 Å². The molecule has 0 aromatic carbocycles. The lowest BCUT2D eigenvalue weighted by Gasteiger charge is -2.15. The summed E-state index contributed by atoms with van der Waals surface area (Å²) in [6.45, 7) is 9.35. The van der Waals surface area contributed by atoms with Gasteiger partial charge in [-0.25, -0.2) is 4.98 Å². The van der Waals surface area contributed by atoms with Crippen LogP contribution in [-0.2, 0) is 11.3 Å². The van der Waals surface area contributed by atoms with Crippen LogP contribution in [0.3, 0.4) is 0 Å². The molecule has 1 saturated heterocycles. The first-order valence-corrected chi connectivity index (χ1v) is 9.48. The van der Waals surface area contributed by atoms with E-state index in [0.29, 0.717) is 12.3 Å². The Kier molecular flexibility index (Phi) is 11.3. The standard InChI is InChI=1S/C18H32N6O.HI/c1-3-19-18(22-10-7-14-24-13-6-8-17(24)25)21-9-4-5-12-23-15-11-20-16(23)2;/h11,15H,3-10,12-14H2,1-2H3,(H2,19,21,22);1H. The molecule has 0 bridgehead atoms. The summed E-state index contributed by atoms with van der Waals surface area (Å²) in [6.07, 6.45) is 8.71. The molecule has 26 heavy (non-hydrogen) atoms. The Bertz CT molecular complexity index is 560. The van der Waals surface area contributed by atoms with Crippen LogP contribution in [0.15, 0.2) is 17.4 Å². The van der Waals surface area contributed by atoms with E-state index in [4.69, 9.17) is 0 Å². The second kappa shape index (κ2) is 12.9. The highest BCUT2D eigenvalue weighted by atomic mass is 127. The maximum atomic E-state index is 11.6. The summed E-state index contributed by atoms with van der Waals surface area (Å²) in [5.74, 6) is 2.23. The lowest BCUT2D eigenvalue weighted by atomic mass is 10.3. The molecule has 148 valence electrons. The Morgan fingerprint density at radius 1 is 1.27 bits per heavy atom. The molecular weight excluding hydrogens is 443 g/mol. The van der Waals surface area contributed by atoms with Crippen molar-refractivity contribution in [3.8, 4) is 0 Å². The number of aromatic nitrogens is 2. The molecule has 1 aromatic heterocycles. The Morgan fingerprint density at radius 3 is 2.77 bits per heavy atom. The minimum atomic E-state index is 0. The van der Waals surface area contributed by atoms with Crippen LogP contribution in [0.4, 0.5) is 0 Å². The number of halogens is 1. The lowest BCUT2D eigenvalue weighted by molar-refractivity contribution is -0.127. The molecule has 2 heterocycles. The second-order valence-electron chi connectivity index (χ2n) is 6.40. The van der Waals surface area contributed by atoms with Crippen molar-refractivity contribution in [3.05, 3.63) is 18.2 Å². The number of rotatable bonds is 10. The average Bonchev–Trinajstić information content (AvgIpc) is 3.19. The highest BCUT2D eigenvalue weighted by Gasteiger charge is 2.18. The Balaban J connectivity index is 0.00000338. The first-order valence-electron chi connectivity index (χ1n) is 9.48. The smallest absolute Gasteiger partial charge is 0.222 e. The molecule has 1 aliphatic rings. The van der Waals surface area contributed by atoms with Crippen molar-refractivity contribution in [2.45, 2.75) is 52.5 Å². The van der Waals surface area contributed by atoms with E-state index in [1.165, 1.54) is 0 Å². The van der Waals surface area contributed by atoms with Gasteiger partial charge in [-0.05, 0) is 39.5 Å². The fourth-order valence-corrected chi connectivity index (χ4v) is 2.99. The number of nitrogens with one attached hydrogen (secondary N) is 2. The van der Waals surface area contributed by atoms with Crippen LogP contribution in [0, 0.1) is 6.92 Å². The minimum Gasteiger partial charge on any atom is -0.357 e. The normalized spacial score (nSPS) is 14.5. The minimum absolute atomic E-state index is 0. The molecule has 2 rings (SSSR count). The number of hydrogen-bond acceptors (Lipinski definition) is 3. The van der Waals surface area contributed by atoms with Crippen LogP contribution in [0.2, 0.25) is 0 Å². The second-order valence-corrected chi connectivity index (χ2v) is 6.40. The molecule has 7 nitrogen and oxygen atoms in total. The van der Waals surface area contributed by atoms with Gasteiger partial charge in [0.15, 0.2) is 5.96 Å². The number of nitrogens with zero attached hydrogens (tertiary/aromatic N) is 4. The molecule has 1 aromatic rings. The summed E-state index contributed by atoms with van der Waals surface area (Å²) in [7, 11) is 0. The molecule has 0 aliphatic carbocycles. The highest BCUT2D eigenvalue weighted by molar-refractivity contribution is 14.0. The number of unbranched alkanes of at least 4 members (excludes halogenated alkanes) is 1. The van der Waals surface area contributed by atoms with Crippen LogP contribution >= 0.6 is 24.0 Å². The predicted molar refractivity (Wildman–Crippen MR) is 116 cm³/mol. The third-order valence-corrected chi connectivity index (χ3v) is 4.41. The Hall–Kier alpha value is -1.32. The molecule has 0 atom stereocenters. The summed E-state index contributed by atoms with van der Waals surface area (Å²) in [4.78, 5) is 22.4. The SMILES string of the molecule is CCNC(=NCCCN1CCCC1=O)NCCCCn1ccnc1C.I. The third kappa shape index (κ3) is 7.92. The van der Waals surface area contributed by atoms with Gasteiger partial charge in [0.1, 0.15) is 5.82 Å². The highest BCUT2D eigenvalue weighted by Crippen LogP contribution is 2.09. The number of hydrogen-bond donors (Lipinski definition) is 2. The molecule has 0 unspecified atom stereocenters. The number of imidazole rings is 1. The van der Waals surface area contributed by atoms with Gasteiger partial charge in [-0.2, -0.15) is 0 Å². The first kappa shape index (κ1) is 22.7. The number of likely N-dealkylation sites (tertiary alicyclic amines) is 1. The molecular formula is C18H33IN6O.